The smallest absolute Gasteiger partial charge is 0.00950 e. The van der Waals surface area contributed by atoms with Crippen LogP contribution in [0, 0.1) is 5.92 Å². The molecule has 1 nitrogen and oxygen atoms in total. The molecule has 0 rings (SSSR count). The lowest BCUT2D eigenvalue weighted by Crippen LogP contribution is -2.36. The lowest BCUT2D eigenvalue weighted by Gasteiger charge is -2.26. The minimum absolute atomic E-state index is 0.764. The largest absolute Gasteiger partial charge is 0.314 e. The summed E-state index contributed by atoms with van der Waals surface area (Å²) in [4.78, 5) is 0. The van der Waals surface area contributed by atoms with Gasteiger partial charge in [0.25, 0.3) is 0 Å². The molecular formula is C16H39N. The second kappa shape index (κ2) is 21.3. The summed E-state index contributed by atoms with van der Waals surface area (Å²) in [7, 11) is 0. The van der Waals surface area contributed by atoms with Crippen LogP contribution in [0.3, 0.4) is 0 Å². The van der Waals surface area contributed by atoms with Gasteiger partial charge in [0.15, 0.2) is 0 Å². The summed E-state index contributed by atoms with van der Waals surface area (Å²) >= 11 is 0. The van der Waals surface area contributed by atoms with Crippen molar-refractivity contribution in [2.75, 3.05) is 6.54 Å². The molecule has 0 aromatic rings. The first kappa shape index (κ1) is 22.2. The summed E-state index contributed by atoms with van der Waals surface area (Å²) in [6.07, 6.45) is 6.53. The molecule has 0 saturated heterocycles. The van der Waals surface area contributed by atoms with Crippen molar-refractivity contribution >= 4 is 0 Å². The number of nitrogens with one attached hydrogen (secondary N) is 1. The molecule has 1 unspecified atom stereocenters. The van der Waals surface area contributed by atoms with Gasteiger partial charge in [0.1, 0.15) is 0 Å². The number of hydrogen-bond acceptors (Lipinski definition) is 1. The van der Waals surface area contributed by atoms with E-state index >= 15 is 0 Å². The van der Waals surface area contributed by atoms with Gasteiger partial charge in [-0.05, 0) is 25.3 Å². The number of rotatable bonds is 8. The van der Waals surface area contributed by atoms with Crippen LogP contribution in [-0.2, 0) is 0 Å². The van der Waals surface area contributed by atoms with Crippen LogP contribution in [0.25, 0.3) is 0 Å². The van der Waals surface area contributed by atoms with Crippen molar-refractivity contribution < 1.29 is 0 Å². The maximum Gasteiger partial charge on any atom is 0.00950 e. The van der Waals surface area contributed by atoms with Crippen LogP contribution in [0.4, 0.5) is 0 Å². The Bertz CT molecular complexity index is 97.7. The third-order valence-electron chi connectivity index (χ3n) is 2.87. The van der Waals surface area contributed by atoms with Crippen molar-refractivity contribution in [1.29, 1.82) is 0 Å². The van der Waals surface area contributed by atoms with Gasteiger partial charge >= 0.3 is 0 Å². The second-order valence-electron chi connectivity index (χ2n) is 3.93. The fraction of sp³-hybridized carbons (Fsp3) is 1.00. The molecule has 0 aliphatic heterocycles. The lowest BCUT2D eigenvalue weighted by molar-refractivity contribution is 0.316. The van der Waals surface area contributed by atoms with Crippen molar-refractivity contribution in [2.45, 2.75) is 93.5 Å². The van der Waals surface area contributed by atoms with Crippen molar-refractivity contribution in [1.82, 2.24) is 5.32 Å². The molecule has 0 heterocycles. The molecule has 0 fully saturated rings. The molecular weight excluding hydrogens is 206 g/mol. The van der Waals surface area contributed by atoms with Gasteiger partial charge in [-0.3, -0.25) is 0 Å². The van der Waals surface area contributed by atoms with E-state index in [4.69, 9.17) is 0 Å². The third kappa shape index (κ3) is 13.9. The van der Waals surface area contributed by atoms with Crippen LogP contribution in [-0.4, -0.2) is 12.6 Å². The first-order valence-electron chi connectivity index (χ1n) is 8.03. The van der Waals surface area contributed by atoms with Gasteiger partial charge < -0.3 is 5.32 Å². The van der Waals surface area contributed by atoms with Gasteiger partial charge in [0, 0.05) is 6.04 Å². The average Bonchev–Trinajstić information content (AvgIpc) is 2.42. The fourth-order valence-corrected chi connectivity index (χ4v) is 2.00. The van der Waals surface area contributed by atoms with Crippen molar-refractivity contribution in [3.05, 3.63) is 0 Å². The van der Waals surface area contributed by atoms with E-state index in [1.807, 2.05) is 27.7 Å². The monoisotopic (exact) mass is 245 g/mol. The molecule has 0 bridgehead atoms. The van der Waals surface area contributed by atoms with Crippen LogP contribution >= 0.6 is 0 Å². The summed E-state index contributed by atoms with van der Waals surface area (Å²) in [5.41, 5.74) is 0. The average molecular weight is 245 g/mol. The molecule has 1 N–H and O–H groups in total. The molecule has 1 heteroatoms. The number of hydrogen-bond donors (Lipinski definition) is 1. The molecule has 108 valence electrons. The quantitative estimate of drug-likeness (QED) is 0.583. The predicted octanol–water partition coefficient (Wildman–Crippen LogP) is 5.64. The van der Waals surface area contributed by atoms with E-state index in [0.717, 1.165) is 12.0 Å². The van der Waals surface area contributed by atoms with Gasteiger partial charge in [-0.1, -0.05) is 74.7 Å². The Morgan fingerprint density at radius 2 is 1.24 bits per heavy atom. The van der Waals surface area contributed by atoms with Crippen molar-refractivity contribution in [3.8, 4) is 0 Å². The molecule has 0 aliphatic carbocycles. The summed E-state index contributed by atoms with van der Waals surface area (Å²) in [6, 6.07) is 0.764. The molecule has 0 amide bonds. The summed E-state index contributed by atoms with van der Waals surface area (Å²) in [5, 5.41) is 3.67. The maximum absolute atomic E-state index is 3.67. The van der Waals surface area contributed by atoms with Crippen LogP contribution in [0.2, 0.25) is 0 Å². The zero-order chi connectivity index (χ0) is 14.1. The Kier molecular flexibility index (Phi) is 27.7. The van der Waals surface area contributed by atoms with Gasteiger partial charge in [-0.2, -0.15) is 0 Å². The Morgan fingerprint density at radius 1 is 0.765 bits per heavy atom. The standard InChI is InChI=1S/C12H27N.2C2H6/c1-5-9-12(13-10-6-2)11(7-3)8-4;2*1-2/h11-13H,5-10H2,1-4H3;2*1-2H3. The summed E-state index contributed by atoms with van der Waals surface area (Å²) in [5.74, 6) is 0.881. The SMILES string of the molecule is CC.CC.CCCNC(CCC)C(CC)CC. The van der Waals surface area contributed by atoms with Crippen LogP contribution in [0.15, 0.2) is 0 Å². The predicted molar refractivity (Wildman–Crippen MR) is 83.8 cm³/mol. The summed E-state index contributed by atoms with van der Waals surface area (Å²) in [6.45, 7) is 18.3. The molecule has 0 spiro atoms. The Morgan fingerprint density at radius 3 is 1.53 bits per heavy atom. The highest BCUT2D eigenvalue weighted by molar-refractivity contribution is 4.73. The van der Waals surface area contributed by atoms with E-state index in [1.54, 1.807) is 0 Å². The minimum atomic E-state index is 0.764. The molecule has 0 aromatic carbocycles. The first-order chi connectivity index (χ1) is 8.29. The lowest BCUT2D eigenvalue weighted by atomic mass is 9.91. The minimum Gasteiger partial charge on any atom is -0.314 e. The zero-order valence-corrected chi connectivity index (χ0v) is 13.9. The first-order valence-corrected chi connectivity index (χ1v) is 8.03. The van der Waals surface area contributed by atoms with E-state index in [9.17, 15) is 0 Å². The third-order valence-corrected chi connectivity index (χ3v) is 2.87. The van der Waals surface area contributed by atoms with E-state index < -0.39 is 0 Å². The maximum atomic E-state index is 3.67. The Balaban J connectivity index is -0.000000439. The molecule has 17 heavy (non-hydrogen) atoms. The summed E-state index contributed by atoms with van der Waals surface area (Å²) < 4.78 is 0. The van der Waals surface area contributed by atoms with E-state index in [-0.39, 0.29) is 0 Å². The molecule has 0 radical (unpaired) electrons. The van der Waals surface area contributed by atoms with Crippen molar-refractivity contribution in [3.63, 3.8) is 0 Å². The fourth-order valence-electron chi connectivity index (χ4n) is 2.00. The Labute approximate surface area is 112 Å². The normalized spacial score (nSPS) is 11.1. The molecule has 0 aromatic heterocycles. The van der Waals surface area contributed by atoms with Gasteiger partial charge in [-0.15, -0.1) is 0 Å². The van der Waals surface area contributed by atoms with Gasteiger partial charge in [0.05, 0.1) is 0 Å². The van der Waals surface area contributed by atoms with E-state index in [2.05, 4.69) is 33.0 Å². The van der Waals surface area contributed by atoms with Gasteiger partial charge in [0.2, 0.25) is 0 Å². The zero-order valence-electron chi connectivity index (χ0n) is 13.9. The van der Waals surface area contributed by atoms with Crippen molar-refractivity contribution in [2.24, 2.45) is 5.92 Å². The van der Waals surface area contributed by atoms with Crippen LogP contribution in [0.5, 0.6) is 0 Å². The van der Waals surface area contributed by atoms with Crippen LogP contribution < -0.4 is 5.32 Å². The van der Waals surface area contributed by atoms with Crippen LogP contribution in [0.1, 0.15) is 87.5 Å². The van der Waals surface area contributed by atoms with Gasteiger partial charge in [-0.25, -0.2) is 0 Å². The highest BCUT2D eigenvalue weighted by Gasteiger charge is 2.15. The molecule has 1 atom stereocenters. The molecule has 0 saturated carbocycles. The van der Waals surface area contributed by atoms with E-state index in [0.29, 0.717) is 0 Å². The highest BCUT2D eigenvalue weighted by Crippen LogP contribution is 2.17. The highest BCUT2D eigenvalue weighted by atomic mass is 14.9. The Hall–Kier alpha value is -0.0400. The second-order valence-corrected chi connectivity index (χ2v) is 3.93. The van der Waals surface area contributed by atoms with E-state index in [1.165, 1.54) is 38.6 Å². The molecule has 0 aliphatic rings. The topological polar surface area (TPSA) is 12.0 Å².